The molecule has 0 spiro atoms. The summed E-state index contributed by atoms with van der Waals surface area (Å²) in [6, 6.07) is 18.8. The average Bonchev–Trinajstić information content (AvgIpc) is 2.45. The Hall–Kier alpha value is -1.31. The van der Waals surface area contributed by atoms with E-state index >= 15 is 0 Å². The summed E-state index contributed by atoms with van der Waals surface area (Å²) in [7, 11) is 2.18. The van der Waals surface area contributed by atoms with E-state index in [4.69, 9.17) is 11.6 Å². The van der Waals surface area contributed by atoms with Gasteiger partial charge in [0.15, 0.2) is 0 Å². The van der Waals surface area contributed by atoms with Crippen LogP contribution in [-0.2, 0) is 12.8 Å². The molecule has 0 fully saturated rings. The largest absolute Gasteiger partial charge is 0.306 e. The summed E-state index contributed by atoms with van der Waals surface area (Å²) < 4.78 is 0. The van der Waals surface area contributed by atoms with Crippen molar-refractivity contribution < 1.29 is 0 Å². The van der Waals surface area contributed by atoms with Gasteiger partial charge in [0, 0.05) is 18.1 Å². The monoisotopic (exact) mass is 273 g/mol. The molecule has 100 valence electrons. The summed E-state index contributed by atoms with van der Waals surface area (Å²) in [4.78, 5) is 2.38. The van der Waals surface area contributed by atoms with Crippen molar-refractivity contribution in [2.24, 2.45) is 0 Å². The minimum atomic E-state index is 0.807. The van der Waals surface area contributed by atoms with Crippen LogP contribution >= 0.6 is 11.6 Å². The van der Waals surface area contributed by atoms with Crippen LogP contribution in [-0.4, -0.2) is 25.0 Å². The third kappa shape index (κ3) is 5.06. The molecule has 0 atom stereocenters. The number of nitrogens with zero attached hydrogens (tertiary/aromatic N) is 1. The molecule has 0 N–H and O–H groups in total. The molecule has 0 aliphatic carbocycles. The lowest BCUT2D eigenvalue weighted by Crippen LogP contribution is -2.23. The maximum Gasteiger partial charge on any atom is 0.0406 e. The van der Waals surface area contributed by atoms with Gasteiger partial charge in [0.25, 0.3) is 0 Å². The fourth-order valence-electron chi connectivity index (χ4n) is 2.05. The van der Waals surface area contributed by atoms with Crippen LogP contribution in [0.1, 0.15) is 11.1 Å². The summed E-state index contributed by atoms with van der Waals surface area (Å²) in [5.74, 6) is 0. The fourth-order valence-corrected chi connectivity index (χ4v) is 2.17. The van der Waals surface area contributed by atoms with E-state index in [9.17, 15) is 0 Å². The molecule has 19 heavy (non-hydrogen) atoms. The molecule has 0 aliphatic rings. The third-order valence-corrected chi connectivity index (χ3v) is 3.57. The second-order valence-corrected chi connectivity index (χ2v) is 5.35. The highest BCUT2D eigenvalue weighted by molar-refractivity contribution is 6.30. The van der Waals surface area contributed by atoms with E-state index < -0.39 is 0 Å². The number of hydrogen-bond acceptors (Lipinski definition) is 1. The van der Waals surface area contributed by atoms with Crippen LogP contribution < -0.4 is 0 Å². The van der Waals surface area contributed by atoms with E-state index in [0.717, 1.165) is 31.0 Å². The lowest BCUT2D eigenvalue weighted by molar-refractivity contribution is 0.343. The van der Waals surface area contributed by atoms with Crippen LogP contribution in [0.15, 0.2) is 54.6 Å². The van der Waals surface area contributed by atoms with Gasteiger partial charge in [-0.3, -0.25) is 0 Å². The zero-order valence-electron chi connectivity index (χ0n) is 11.3. The Morgan fingerprint density at radius 3 is 1.89 bits per heavy atom. The van der Waals surface area contributed by atoms with E-state index in [0.29, 0.717) is 0 Å². The normalized spacial score (nSPS) is 10.9. The first-order valence-corrected chi connectivity index (χ1v) is 7.09. The Morgan fingerprint density at radius 2 is 1.32 bits per heavy atom. The number of benzene rings is 2. The molecule has 2 aromatic rings. The van der Waals surface area contributed by atoms with Gasteiger partial charge in [-0.2, -0.15) is 0 Å². The Morgan fingerprint density at radius 1 is 0.789 bits per heavy atom. The zero-order valence-corrected chi connectivity index (χ0v) is 12.1. The number of hydrogen-bond donors (Lipinski definition) is 0. The second kappa shape index (κ2) is 7.32. The standard InChI is InChI=1S/C17H20ClN/c1-19(13-11-15-5-3-2-4-6-15)14-12-16-7-9-17(18)10-8-16/h2-10H,11-14H2,1H3. The van der Waals surface area contributed by atoms with Gasteiger partial charge in [-0.05, 0) is 43.1 Å². The van der Waals surface area contributed by atoms with Crippen molar-refractivity contribution in [2.75, 3.05) is 20.1 Å². The molecule has 0 heterocycles. The minimum absolute atomic E-state index is 0.807. The lowest BCUT2D eigenvalue weighted by atomic mass is 10.1. The van der Waals surface area contributed by atoms with Gasteiger partial charge in [-0.15, -0.1) is 0 Å². The van der Waals surface area contributed by atoms with Crippen molar-refractivity contribution in [1.82, 2.24) is 4.90 Å². The molecule has 1 nitrogen and oxygen atoms in total. The van der Waals surface area contributed by atoms with E-state index in [2.05, 4.69) is 54.4 Å². The number of halogens is 1. The molecular weight excluding hydrogens is 254 g/mol. The molecule has 0 unspecified atom stereocenters. The zero-order chi connectivity index (χ0) is 13.5. The predicted octanol–water partition coefficient (Wildman–Crippen LogP) is 4.06. The fraction of sp³-hybridized carbons (Fsp3) is 0.294. The highest BCUT2D eigenvalue weighted by Gasteiger charge is 2.00. The molecule has 0 amide bonds. The van der Waals surface area contributed by atoms with Crippen LogP contribution in [0, 0.1) is 0 Å². The van der Waals surface area contributed by atoms with Crippen molar-refractivity contribution in [3.8, 4) is 0 Å². The van der Waals surface area contributed by atoms with Gasteiger partial charge in [-0.1, -0.05) is 54.1 Å². The van der Waals surface area contributed by atoms with Crippen molar-refractivity contribution in [1.29, 1.82) is 0 Å². The Labute approximate surface area is 120 Å². The first-order valence-electron chi connectivity index (χ1n) is 6.71. The first-order chi connectivity index (χ1) is 9.24. The van der Waals surface area contributed by atoms with E-state index in [-0.39, 0.29) is 0 Å². The summed E-state index contributed by atoms with van der Waals surface area (Å²) >= 11 is 5.88. The maximum atomic E-state index is 5.88. The average molecular weight is 274 g/mol. The summed E-state index contributed by atoms with van der Waals surface area (Å²) in [6.07, 6.45) is 2.18. The van der Waals surface area contributed by atoms with Crippen molar-refractivity contribution in [3.63, 3.8) is 0 Å². The smallest absolute Gasteiger partial charge is 0.0406 e. The van der Waals surface area contributed by atoms with Gasteiger partial charge < -0.3 is 4.90 Å². The molecule has 2 rings (SSSR count). The summed E-state index contributed by atoms with van der Waals surface area (Å²) in [5.41, 5.74) is 2.75. The van der Waals surface area contributed by atoms with Crippen LogP contribution in [0.4, 0.5) is 0 Å². The van der Waals surface area contributed by atoms with Crippen molar-refractivity contribution in [2.45, 2.75) is 12.8 Å². The third-order valence-electron chi connectivity index (χ3n) is 3.32. The van der Waals surface area contributed by atoms with E-state index in [1.807, 2.05) is 12.1 Å². The Kier molecular flexibility index (Phi) is 5.44. The molecule has 0 saturated heterocycles. The van der Waals surface area contributed by atoms with Gasteiger partial charge in [-0.25, -0.2) is 0 Å². The molecule has 0 radical (unpaired) electrons. The van der Waals surface area contributed by atoms with Crippen LogP contribution in [0.5, 0.6) is 0 Å². The minimum Gasteiger partial charge on any atom is -0.306 e. The van der Waals surface area contributed by atoms with Crippen LogP contribution in [0.3, 0.4) is 0 Å². The van der Waals surface area contributed by atoms with Crippen LogP contribution in [0.2, 0.25) is 5.02 Å². The predicted molar refractivity (Wildman–Crippen MR) is 82.8 cm³/mol. The van der Waals surface area contributed by atoms with Gasteiger partial charge in [0.2, 0.25) is 0 Å². The van der Waals surface area contributed by atoms with Crippen LogP contribution in [0.25, 0.3) is 0 Å². The highest BCUT2D eigenvalue weighted by atomic mass is 35.5. The van der Waals surface area contributed by atoms with Crippen molar-refractivity contribution in [3.05, 3.63) is 70.7 Å². The Balaban J connectivity index is 1.72. The first kappa shape index (κ1) is 14.1. The molecule has 2 aromatic carbocycles. The quantitative estimate of drug-likeness (QED) is 0.767. The van der Waals surface area contributed by atoms with E-state index in [1.54, 1.807) is 0 Å². The highest BCUT2D eigenvalue weighted by Crippen LogP contribution is 2.10. The molecule has 0 aromatic heterocycles. The van der Waals surface area contributed by atoms with Crippen molar-refractivity contribution >= 4 is 11.6 Å². The number of rotatable bonds is 6. The van der Waals surface area contributed by atoms with Gasteiger partial charge in [0.1, 0.15) is 0 Å². The number of likely N-dealkylation sites (N-methyl/N-ethyl adjacent to an activating group) is 1. The molecule has 2 heteroatoms. The summed E-state index contributed by atoms with van der Waals surface area (Å²) in [6.45, 7) is 2.17. The molecule has 0 bridgehead atoms. The molecular formula is C17H20ClN. The van der Waals surface area contributed by atoms with Gasteiger partial charge >= 0.3 is 0 Å². The second-order valence-electron chi connectivity index (χ2n) is 4.92. The topological polar surface area (TPSA) is 3.24 Å². The lowest BCUT2D eigenvalue weighted by Gasteiger charge is -2.16. The SMILES string of the molecule is CN(CCc1ccccc1)CCc1ccc(Cl)cc1. The molecule has 0 saturated carbocycles. The maximum absolute atomic E-state index is 5.88. The summed E-state index contributed by atoms with van der Waals surface area (Å²) in [5, 5.41) is 0.807. The van der Waals surface area contributed by atoms with Gasteiger partial charge in [0.05, 0.1) is 0 Å². The van der Waals surface area contributed by atoms with E-state index in [1.165, 1.54) is 11.1 Å². The molecule has 0 aliphatic heterocycles. The Bertz CT molecular complexity index is 478.